The molecule has 3 aromatic carbocycles. The molecule has 0 spiro atoms. The third-order valence-electron chi connectivity index (χ3n) is 4.53. The van der Waals surface area contributed by atoms with Crippen molar-refractivity contribution in [3.8, 4) is 11.5 Å². The Labute approximate surface area is 163 Å². The van der Waals surface area contributed by atoms with E-state index < -0.39 is 18.3 Å². The van der Waals surface area contributed by atoms with Gasteiger partial charge in [0.2, 0.25) is 0 Å². The molecule has 3 aromatic rings. The average Bonchev–Trinajstić information content (AvgIpc) is 3.17. The Morgan fingerprint density at radius 2 is 1.57 bits per heavy atom. The number of carbonyl (C=O) groups is 1. The van der Waals surface area contributed by atoms with E-state index in [1.165, 1.54) is 0 Å². The van der Waals surface area contributed by atoms with Crippen molar-refractivity contribution < 1.29 is 19.0 Å². The lowest BCUT2D eigenvalue weighted by Crippen LogP contribution is -2.34. The molecule has 5 heteroatoms. The number of nitrogens with two attached hydrogens (primary N) is 1. The molecule has 1 aliphatic rings. The van der Waals surface area contributed by atoms with E-state index in [4.69, 9.17) is 19.9 Å². The minimum atomic E-state index is -0.742. The van der Waals surface area contributed by atoms with Gasteiger partial charge in [-0.3, -0.25) is 4.79 Å². The van der Waals surface area contributed by atoms with E-state index in [-0.39, 0.29) is 6.61 Å². The van der Waals surface area contributed by atoms with Crippen molar-refractivity contribution in [3.63, 3.8) is 0 Å². The molecule has 0 radical (unpaired) electrons. The van der Waals surface area contributed by atoms with Gasteiger partial charge >= 0.3 is 5.97 Å². The van der Waals surface area contributed by atoms with Crippen LogP contribution in [0.3, 0.4) is 0 Å². The minimum absolute atomic E-state index is 0.216. The largest absolute Gasteiger partial charge is 0.460 e. The van der Waals surface area contributed by atoms with Crippen LogP contribution in [0.2, 0.25) is 0 Å². The van der Waals surface area contributed by atoms with Gasteiger partial charge in [-0.25, -0.2) is 0 Å². The number of ether oxygens (including phenoxy) is 3. The number of fused-ring (bicyclic) bond motifs is 1. The normalized spacial score (nSPS) is 15.8. The lowest BCUT2D eigenvalue weighted by molar-refractivity contribution is -0.146. The van der Waals surface area contributed by atoms with Gasteiger partial charge in [0.05, 0.1) is 0 Å². The summed E-state index contributed by atoms with van der Waals surface area (Å²) in [4.78, 5) is 12.2. The fraction of sp³-hybridized carbons (Fsp3) is 0.174. The second-order valence-electron chi connectivity index (χ2n) is 6.66. The van der Waals surface area contributed by atoms with Crippen molar-refractivity contribution >= 4 is 5.97 Å². The van der Waals surface area contributed by atoms with Crippen molar-refractivity contribution in [2.24, 2.45) is 5.73 Å². The summed E-state index contributed by atoms with van der Waals surface area (Å²) in [5.41, 5.74) is 8.79. The topological polar surface area (TPSA) is 70.8 Å². The van der Waals surface area contributed by atoms with E-state index in [0.717, 1.165) is 16.7 Å². The van der Waals surface area contributed by atoms with Gasteiger partial charge in [0.1, 0.15) is 12.6 Å². The Morgan fingerprint density at radius 3 is 2.32 bits per heavy atom. The Morgan fingerprint density at radius 1 is 0.893 bits per heavy atom. The van der Waals surface area contributed by atoms with Crippen molar-refractivity contribution in [2.75, 3.05) is 0 Å². The lowest BCUT2D eigenvalue weighted by atomic mass is 10.1. The smallest absolute Gasteiger partial charge is 0.323 e. The quantitative estimate of drug-likeness (QED) is 0.664. The molecule has 0 saturated heterocycles. The molecule has 0 aliphatic carbocycles. The highest BCUT2D eigenvalue weighted by Gasteiger charge is 2.26. The average molecular weight is 375 g/mol. The van der Waals surface area contributed by atoms with Crippen LogP contribution in [-0.2, 0) is 22.6 Å². The summed E-state index contributed by atoms with van der Waals surface area (Å²) < 4.78 is 17.1. The van der Waals surface area contributed by atoms with Crippen LogP contribution in [0.1, 0.15) is 23.0 Å². The number of hydrogen-bond acceptors (Lipinski definition) is 5. The summed E-state index contributed by atoms with van der Waals surface area (Å²) >= 11 is 0. The molecule has 0 aromatic heterocycles. The minimum Gasteiger partial charge on any atom is -0.460 e. The van der Waals surface area contributed by atoms with E-state index in [2.05, 4.69) is 0 Å². The highest BCUT2D eigenvalue weighted by molar-refractivity contribution is 5.76. The molecule has 4 rings (SSSR count). The molecule has 28 heavy (non-hydrogen) atoms. The van der Waals surface area contributed by atoms with Gasteiger partial charge in [-0.15, -0.1) is 0 Å². The fourth-order valence-electron chi connectivity index (χ4n) is 3.04. The summed E-state index contributed by atoms with van der Waals surface area (Å²) in [5, 5.41) is 0. The molecule has 1 aliphatic heterocycles. The van der Waals surface area contributed by atoms with Gasteiger partial charge in [0, 0.05) is 5.56 Å². The summed E-state index contributed by atoms with van der Waals surface area (Å²) in [6.45, 7) is 0.216. The van der Waals surface area contributed by atoms with Crippen LogP contribution < -0.4 is 15.2 Å². The van der Waals surface area contributed by atoms with Gasteiger partial charge in [-0.05, 0) is 29.7 Å². The first kappa shape index (κ1) is 18.1. The third-order valence-corrected chi connectivity index (χ3v) is 4.53. The van der Waals surface area contributed by atoms with Crippen molar-refractivity contribution in [1.82, 2.24) is 0 Å². The number of benzene rings is 3. The van der Waals surface area contributed by atoms with E-state index in [9.17, 15) is 4.79 Å². The van der Waals surface area contributed by atoms with E-state index in [1.807, 2.05) is 78.9 Å². The maximum absolute atomic E-state index is 12.2. The standard InChI is InChI=1S/C23H21NO4/c24-19(22(25)26-15-16-7-3-1-4-8-16)13-17-11-12-20-21(14-17)28-23(27-20)18-9-5-2-6-10-18/h1-12,14,19,23H,13,15,24H2. The highest BCUT2D eigenvalue weighted by atomic mass is 16.7. The molecule has 2 unspecified atom stereocenters. The summed E-state index contributed by atoms with van der Waals surface area (Å²) in [7, 11) is 0. The summed E-state index contributed by atoms with van der Waals surface area (Å²) in [6, 6.07) is 24.1. The zero-order chi connectivity index (χ0) is 19.3. The molecule has 0 fully saturated rings. The molecule has 1 heterocycles. The summed E-state index contributed by atoms with van der Waals surface area (Å²) in [6.07, 6.45) is -0.101. The Hall–Kier alpha value is -3.31. The predicted octanol–water partition coefficient (Wildman–Crippen LogP) is 3.77. The maximum Gasteiger partial charge on any atom is 0.323 e. The predicted molar refractivity (Wildman–Crippen MR) is 105 cm³/mol. The monoisotopic (exact) mass is 375 g/mol. The number of esters is 1. The molecule has 0 saturated carbocycles. The van der Waals surface area contributed by atoms with Gasteiger partial charge < -0.3 is 19.9 Å². The van der Waals surface area contributed by atoms with Crippen LogP contribution in [0.4, 0.5) is 0 Å². The molecular formula is C23H21NO4. The highest BCUT2D eigenvalue weighted by Crippen LogP contribution is 2.40. The maximum atomic E-state index is 12.2. The van der Waals surface area contributed by atoms with Crippen molar-refractivity contribution in [1.29, 1.82) is 0 Å². The first-order valence-electron chi connectivity index (χ1n) is 9.16. The van der Waals surface area contributed by atoms with Gasteiger partial charge in [-0.2, -0.15) is 0 Å². The second-order valence-corrected chi connectivity index (χ2v) is 6.66. The van der Waals surface area contributed by atoms with E-state index in [1.54, 1.807) is 0 Å². The van der Waals surface area contributed by atoms with Crippen molar-refractivity contribution in [2.45, 2.75) is 25.4 Å². The zero-order valence-corrected chi connectivity index (χ0v) is 15.3. The van der Waals surface area contributed by atoms with Gasteiger partial charge in [0.15, 0.2) is 11.5 Å². The third kappa shape index (κ3) is 4.15. The molecular weight excluding hydrogens is 354 g/mol. The van der Waals surface area contributed by atoms with Crippen molar-refractivity contribution in [3.05, 3.63) is 95.6 Å². The summed E-state index contributed by atoms with van der Waals surface area (Å²) in [5.74, 6) is 0.901. The van der Waals surface area contributed by atoms with Crippen LogP contribution in [0.15, 0.2) is 78.9 Å². The molecule has 5 nitrogen and oxygen atoms in total. The number of hydrogen-bond donors (Lipinski definition) is 1. The second kappa shape index (κ2) is 8.15. The van der Waals surface area contributed by atoms with Crippen LogP contribution in [-0.4, -0.2) is 12.0 Å². The van der Waals surface area contributed by atoms with Crippen LogP contribution in [0.5, 0.6) is 11.5 Å². The van der Waals surface area contributed by atoms with Crippen LogP contribution in [0.25, 0.3) is 0 Å². The Balaban J connectivity index is 1.35. The molecule has 0 amide bonds. The number of carbonyl (C=O) groups excluding carboxylic acids is 1. The zero-order valence-electron chi connectivity index (χ0n) is 15.3. The molecule has 2 atom stereocenters. The first-order chi connectivity index (χ1) is 13.7. The SMILES string of the molecule is NC(Cc1ccc2c(c1)OC(c1ccccc1)O2)C(=O)OCc1ccccc1. The van der Waals surface area contributed by atoms with E-state index >= 15 is 0 Å². The molecule has 142 valence electrons. The van der Waals surface area contributed by atoms with Gasteiger partial charge in [0.25, 0.3) is 6.29 Å². The van der Waals surface area contributed by atoms with Gasteiger partial charge in [-0.1, -0.05) is 66.7 Å². The van der Waals surface area contributed by atoms with Crippen LogP contribution in [0, 0.1) is 0 Å². The first-order valence-corrected chi connectivity index (χ1v) is 9.16. The number of rotatable bonds is 6. The molecule has 0 bridgehead atoms. The van der Waals surface area contributed by atoms with Crippen LogP contribution >= 0.6 is 0 Å². The Bertz CT molecular complexity index is 943. The lowest BCUT2D eigenvalue weighted by Gasteiger charge is -2.12. The van der Waals surface area contributed by atoms with E-state index in [0.29, 0.717) is 17.9 Å². The Kier molecular flexibility index (Phi) is 5.26. The molecule has 2 N–H and O–H groups in total. The fourth-order valence-corrected chi connectivity index (χ4v) is 3.04.